The highest BCUT2D eigenvalue weighted by Gasteiger charge is 2.41. The number of nitrogens with zero attached hydrogens (tertiary/aromatic N) is 1. The highest BCUT2D eigenvalue weighted by molar-refractivity contribution is 4.93. The average molecular weight is 195 g/mol. The molecule has 0 aromatic carbocycles. The predicted molar refractivity (Wildman–Crippen MR) is 61.3 cm³/mol. The fourth-order valence-electron chi connectivity index (χ4n) is 3.35. The Balaban J connectivity index is 1.90. The van der Waals surface area contributed by atoms with Crippen molar-refractivity contribution < 1.29 is 0 Å². The minimum absolute atomic E-state index is 0.762. The monoisotopic (exact) mass is 195 g/mol. The zero-order valence-corrected chi connectivity index (χ0v) is 10.2. The lowest BCUT2D eigenvalue weighted by Gasteiger charge is -2.23. The molecule has 82 valence electrons. The second kappa shape index (κ2) is 3.84. The Morgan fingerprint density at radius 1 is 0.929 bits per heavy atom. The first kappa shape index (κ1) is 10.5. The van der Waals surface area contributed by atoms with Gasteiger partial charge in [-0.15, -0.1) is 0 Å². The molecule has 0 aromatic rings. The van der Waals surface area contributed by atoms with E-state index in [1.165, 1.54) is 25.9 Å². The van der Waals surface area contributed by atoms with E-state index in [0.717, 1.165) is 29.7 Å². The van der Waals surface area contributed by atoms with Gasteiger partial charge in [-0.1, -0.05) is 13.8 Å². The molecule has 1 heterocycles. The number of rotatable bonds is 2. The summed E-state index contributed by atoms with van der Waals surface area (Å²) in [6.45, 7) is 12.2. The summed E-state index contributed by atoms with van der Waals surface area (Å²) in [5.41, 5.74) is 0. The van der Waals surface area contributed by atoms with E-state index in [4.69, 9.17) is 0 Å². The van der Waals surface area contributed by atoms with Gasteiger partial charge in [-0.05, 0) is 50.4 Å². The van der Waals surface area contributed by atoms with Crippen LogP contribution in [0.1, 0.15) is 40.5 Å². The van der Waals surface area contributed by atoms with Crippen molar-refractivity contribution in [3.8, 4) is 0 Å². The SMILES string of the molecule is CC(C)C1C[C@H]2CN(C(C)C)C[C@@H]2C1. The summed E-state index contributed by atoms with van der Waals surface area (Å²) in [7, 11) is 0. The van der Waals surface area contributed by atoms with E-state index in [1.54, 1.807) is 0 Å². The van der Waals surface area contributed by atoms with Gasteiger partial charge in [0.05, 0.1) is 0 Å². The Bertz CT molecular complexity index is 163. The number of hydrogen-bond acceptors (Lipinski definition) is 1. The molecular formula is C13H25N. The number of fused-ring (bicyclic) bond motifs is 1. The highest BCUT2D eigenvalue weighted by atomic mass is 15.2. The summed E-state index contributed by atoms with van der Waals surface area (Å²) in [6.07, 6.45) is 3.01. The maximum absolute atomic E-state index is 2.67. The molecule has 0 bridgehead atoms. The molecule has 14 heavy (non-hydrogen) atoms. The third-order valence-electron chi connectivity index (χ3n) is 4.49. The molecule has 1 heteroatoms. The lowest BCUT2D eigenvalue weighted by Crippen LogP contribution is -2.29. The molecular weight excluding hydrogens is 170 g/mol. The van der Waals surface area contributed by atoms with E-state index < -0.39 is 0 Å². The Hall–Kier alpha value is -0.0400. The van der Waals surface area contributed by atoms with Gasteiger partial charge in [-0.25, -0.2) is 0 Å². The fourth-order valence-corrected chi connectivity index (χ4v) is 3.35. The first-order chi connectivity index (χ1) is 6.58. The molecule has 1 saturated carbocycles. The van der Waals surface area contributed by atoms with Crippen molar-refractivity contribution in [2.75, 3.05) is 13.1 Å². The van der Waals surface area contributed by atoms with Crippen LogP contribution in [-0.4, -0.2) is 24.0 Å². The summed E-state index contributed by atoms with van der Waals surface area (Å²) < 4.78 is 0. The Morgan fingerprint density at radius 2 is 1.43 bits per heavy atom. The van der Waals surface area contributed by atoms with Crippen LogP contribution in [0.5, 0.6) is 0 Å². The van der Waals surface area contributed by atoms with Gasteiger partial charge in [-0.2, -0.15) is 0 Å². The van der Waals surface area contributed by atoms with E-state index in [-0.39, 0.29) is 0 Å². The molecule has 2 fully saturated rings. The van der Waals surface area contributed by atoms with Crippen LogP contribution in [0.25, 0.3) is 0 Å². The highest BCUT2D eigenvalue weighted by Crippen LogP contribution is 2.44. The predicted octanol–water partition coefficient (Wildman–Crippen LogP) is 3.01. The molecule has 2 aliphatic rings. The van der Waals surface area contributed by atoms with E-state index in [0.29, 0.717) is 0 Å². The number of hydrogen-bond donors (Lipinski definition) is 0. The van der Waals surface area contributed by atoms with Gasteiger partial charge in [-0.3, -0.25) is 0 Å². The molecule has 1 nitrogen and oxygen atoms in total. The largest absolute Gasteiger partial charge is 0.300 e. The second-order valence-corrected chi connectivity index (χ2v) is 6.04. The maximum atomic E-state index is 2.67. The molecule has 0 N–H and O–H groups in total. The van der Waals surface area contributed by atoms with Crippen LogP contribution in [0.15, 0.2) is 0 Å². The van der Waals surface area contributed by atoms with Gasteiger partial charge in [0.15, 0.2) is 0 Å². The zero-order valence-electron chi connectivity index (χ0n) is 10.2. The molecule has 0 radical (unpaired) electrons. The Kier molecular flexibility index (Phi) is 2.88. The van der Waals surface area contributed by atoms with Gasteiger partial charge in [0, 0.05) is 19.1 Å². The van der Waals surface area contributed by atoms with Crippen molar-refractivity contribution in [1.29, 1.82) is 0 Å². The molecule has 0 aromatic heterocycles. The lowest BCUT2D eigenvalue weighted by molar-refractivity contribution is 0.236. The van der Waals surface area contributed by atoms with Crippen molar-refractivity contribution in [1.82, 2.24) is 4.90 Å². The zero-order chi connectivity index (χ0) is 10.3. The van der Waals surface area contributed by atoms with Gasteiger partial charge in [0.25, 0.3) is 0 Å². The fraction of sp³-hybridized carbons (Fsp3) is 1.00. The van der Waals surface area contributed by atoms with Crippen molar-refractivity contribution in [2.24, 2.45) is 23.7 Å². The topological polar surface area (TPSA) is 3.24 Å². The first-order valence-corrected chi connectivity index (χ1v) is 6.32. The summed E-state index contributed by atoms with van der Waals surface area (Å²) in [6, 6.07) is 0.762. The van der Waals surface area contributed by atoms with Gasteiger partial charge in [0.1, 0.15) is 0 Å². The third kappa shape index (κ3) is 1.84. The van der Waals surface area contributed by atoms with E-state index in [2.05, 4.69) is 32.6 Å². The summed E-state index contributed by atoms with van der Waals surface area (Å²) in [5.74, 6) is 4.00. The molecule has 1 aliphatic carbocycles. The van der Waals surface area contributed by atoms with Crippen LogP contribution in [0.3, 0.4) is 0 Å². The van der Waals surface area contributed by atoms with Crippen LogP contribution in [0, 0.1) is 23.7 Å². The minimum atomic E-state index is 0.762. The molecule has 2 atom stereocenters. The first-order valence-electron chi connectivity index (χ1n) is 6.32. The van der Waals surface area contributed by atoms with E-state index in [1.807, 2.05) is 0 Å². The summed E-state index contributed by atoms with van der Waals surface area (Å²) in [4.78, 5) is 2.67. The molecule has 2 rings (SSSR count). The molecule has 1 aliphatic heterocycles. The van der Waals surface area contributed by atoms with Crippen LogP contribution in [-0.2, 0) is 0 Å². The summed E-state index contributed by atoms with van der Waals surface area (Å²) >= 11 is 0. The Labute approximate surface area is 88.9 Å². The maximum Gasteiger partial charge on any atom is 0.00388 e. The Morgan fingerprint density at radius 3 is 1.79 bits per heavy atom. The van der Waals surface area contributed by atoms with Crippen molar-refractivity contribution in [3.63, 3.8) is 0 Å². The average Bonchev–Trinajstić information content (AvgIpc) is 2.57. The van der Waals surface area contributed by atoms with Gasteiger partial charge < -0.3 is 4.90 Å². The molecule has 0 amide bonds. The molecule has 0 spiro atoms. The summed E-state index contributed by atoms with van der Waals surface area (Å²) in [5, 5.41) is 0. The quantitative estimate of drug-likeness (QED) is 0.654. The normalized spacial score (nSPS) is 34.7. The number of likely N-dealkylation sites (tertiary alicyclic amines) is 1. The van der Waals surface area contributed by atoms with Gasteiger partial charge >= 0.3 is 0 Å². The van der Waals surface area contributed by atoms with Crippen LogP contribution in [0.4, 0.5) is 0 Å². The molecule has 0 unspecified atom stereocenters. The van der Waals surface area contributed by atoms with E-state index in [9.17, 15) is 0 Å². The van der Waals surface area contributed by atoms with Gasteiger partial charge in [0.2, 0.25) is 0 Å². The van der Waals surface area contributed by atoms with Crippen LogP contribution < -0.4 is 0 Å². The minimum Gasteiger partial charge on any atom is -0.300 e. The standard InChI is InChI=1S/C13H25N/c1-9(2)11-5-12-7-14(10(3)4)8-13(12)6-11/h9-13H,5-8H2,1-4H3/t12-,13-/m0/s1. The lowest BCUT2D eigenvalue weighted by atomic mass is 9.93. The van der Waals surface area contributed by atoms with Crippen molar-refractivity contribution >= 4 is 0 Å². The van der Waals surface area contributed by atoms with Crippen molar-refractivity contribution in [2.45, 2.75) is 46.6 Å². The molecule has 1 saturated heterocycles. The third-order valence-corrected chi connectivity index (χ3v) is 4.49. The van der Waals surface area contributed by atoms with Crippen LogP contribution in [0.2, 0.25) is 0 Å². The van der Waals surface area contributed by atoms with Crippen LogP contribution >= 0.6 is 0 Å². The van der Waals surface area contributed by atoms with Crippen molar-refractivity contribution in [3.05, 3.63) is 0 Å². The van der Waals surface area contributed by atoms with E-state index >= 15 is 0 Å². The smallest absolute Gasteiger partial charge is 0.00388 e. The second-order valence-electron chi connectivity index (χ2n) is 6.04.